The Labute approximate surface area is 257 Å². The molecular formula is C19H32I4N4O4SV-. The van der Waals surface area contributed by atoms with Crippen LogP contribution in [0.15, 0.2) is 41.6 Å². The molecule has 0 aliphatic heterocycles. The van der Waals surface area contributed by atoms with Gasteiger partial charge in [-0.2, -0.15) is 0 Å². The van der Waals surface area contributed by atoms with E-state index in [-0.39, 0.29) is 61.9 Å². The number of nitrogen functional groups attached to an aromatic ring is 2. The third-order valence-electron chi connectivity index (χ3n) is 3.10. The van der Waals surface area contributed by atoms with E-state index in [0.29, 0.717) is 23.5 Å². The number of nitrogens with two attached hydrogens (primary N) is 2. The van der Waals surface area contributed by atoms with Crippen LogP contribution in [0.3, 0.4) is 0 Å². The number of nitrogens with zero attached hydrogens (tertiary/aromatic N) is 1. The second-order valence-corrected chi connectivity index (χ2v) is 40.7. The summed E-state index contributed by atoms with van der Waals surface area (Å²) in [5.41, 5.74) is 16.5. The van der Waals surface area contributed by atoms with Crippen molar-refractivity contribution < 1.29 is 19.6 Å². The molecule has 0 saturated heterocycles. The summed E-state index contributed by atoms with van der Waals surface area (Å²) in [6, 6.07) is 9.78. The molecule has 0 aromatic heterocycles. The number of hydrogen-bond donors (Lipinski definition) is 4. The van der Waals surface area contributed by atoms with Crippen LogP contribution in [0.5, 0.6) is 0 Å². The number of nitroso groups, excluding NO2 is 1. The summed E-state index contributed by atoms with van der Waals surface area (Å²) in [4.78, 5) is 10.1. The van der Waals surface area contributed by atoms with Gasteiger partial charge in [0.1, 0.15) is 5.69 Å². The summed E-state index contributed by atoms with van der Waals surface area (Å²) in [6.07, 6.45) is 0. The first-order valence-electron chi connectivity index (χ1n) is 7.56. The Kier molecular flexibility index (Phi) is 34.3. The van der Waals surface area contributed by atoms with Crippen molar-refractivity contribution in [3.05, 3.63) is 59.9 Å². The average molecular weight is 971 g/mol. The summed E-state index contributed by atoms with van der Waals surface area (Å²) in [7, 11) is 3.03. The zero-order valence-electron chi connectivity index (χ0n) is 16.8. The molecule has 0 unspecified atom stereocenters. The van der Waals surface area contributed by atoms with Crippen LogP contribution >= 0.6 is 96.1 Å². The Hall–Kier alpha value is 0.754. The fraction of sp³-hybridized carbons (Fsp3) is 0.263. The maximum atomic E-state index is 10.4. The van der Waals surface area contributed by atoms with E-state index in [1.165, 1.54) is 25.3 Å². The van der Waals surface area contributed by atoms with Crippen molar-refractivity contribution in [2.45, 2.75) is 21.5 Å². The Bertz CT molecular complexity index is 806. The number of anilines is 3. The van der Waals surface area contributed by atoms with E-state index in [0.717, 1.165) is 11.3 Å². The van der Waals surface area contributed by atoms with Gasteiger partial charge in [-0.25, -0.2) is 0 Å². The number of thiocarbonyl (C=S) groups is 1. The van der Waals surface area contributed by atoms with Crippen LogP contribution < -0.4 is 16.9 Å². The van der Waals surface area contributed by atoms with Crippen LogP contribution in [-0.2, 0) is 21.0 Å². The molecule has 0 saturated carbocycles. The number of hydrogen-bond acceptors (Lipinski definition) is 9. The molecule has 2 aromatic carbocycles. The average Bonchev–Trinajstić information content (AvgIpc) is 2.70. The molecular weight excluding hydrogens is 939 g/mol. The molecule has 0 aliphatic rings. The summed E-state index contributed by atoms with van der Waals surface area (Å²) in [6.45, 7) is 0.511. The van der Waals surface area contributed by atoms with E-state index >= 15 is 0 Å². The summed E-state index contributed by atoms with van der Waals surface area (Å²) < 4.78 is 9.73. The van der Waals surface area contributed by atoms with E-state index in [9.17, 15) is 4.91 Å². The van der Waals surface area contributed by atoms with Crippen LogP contribution in [0.4, 0.5) is 22.7 Å². The predicted molar refractivity (Wildman–Crippen MR) is 179 cm³/mol. The number of ether oxygens (including phenoxy) is 2. The van der Waals surface area contributed by atoms with Crippen molar-refractivity contribution in [2.24, 2.45) is 5.18 Å². The quantitative estimate of drug-likeness (QED) is 0.0590. The molecule has 0 atom stereocenters. The second-order valence-electron chi connectivity index (χ2n) is 5.01. The first kappa shape index (κ1) is 43.8. The molecule has 14 heteroatoms. The predicted octanol–water partition coefficient (Wildman–Crippen LogP) is 8.20. The normalized spacial score (nSPS) is 8.33. The number of methoxy groups -OCH3 is 2. The molecule has 0 aliphatic carbocycles. The molecule has 0 bridgehead atoms. The number of rotatable bonds is 5. The molecule has 0 radical (unpaired) electrons. The van der Waals surface area contributed by atoms with Gasteiger partial charge in [-0.3, -0.25) is 10.7 Å². The summed E-state index contributed by atoms with van der Waals surface area (Å²) in [5.74, 6) is 0. The van der Waals surface area contributed by atoms with E-state index in [2.05, 4.69) is 65.1 Å². The molecule has 8 nitrogen and oxygen atoms in total. The maximum absolute atomic E-state index is 10.4. The van der Waals surface area contributed by atoms with Gasteiger partial charge < -0.3 is 28.4 Å². The minimum absolute atomic E-state index is 0. The zero-order valence-corrected chi connectivity index (χ0v) is 27.9. The van der Waals surface area contributed by atoms with Gasteiger partial charge in [0, 0.05) is 24.0 Å². The van der Waals surface area contributed by atoms with Crippen LogP contribution in [-0.4, -0.2) is 24.5 Å². The van der Waals surface area contributed by atoms with Crippen molar-refractivity contribution in [3.8, 4) is 0 Å². The zero-order chi connectivity index (χ0) is 22.4. The van der Waals surface area contributed by atoms with Crippen LogP contribution in [0, 0.1) is 12.3 Å². The van der Waals surface area contributed by atoms with E-state index in [1.54, 1.807) is 19.2 Å². The molecule has 0 amide bonds. The molecule has 0 spiro atoms. The van der Waals surface area contributed by atoms with Crippen molar-refractivity contribution in [1.29, 1.82) is 0 Å². The van der Waals surface area contributed by atoms with Gasteiger partial charge in [0.2, 0.25) is 0 Å². The number of halogens is 4. The molecule has 2 rings (SSSR count). The van der Waals surface area contributed by atoms with Gasteiger partial charge >= 0.3 is 64.9 Å². The van der Waals surface area contributed by atoms with Crippen LogP contribution in [0.2, 0.25) is 0 Å². The third kappa shape index (κ3) is 19.6. The molecule has 0 fully saturated rings. The van der Waals surface area contributed by atoms with Gasteiger partial charge in [0.15, 0.2) is 5.05 Å². The molecule has 192 valence electrons. The van der Waals surface area contributed by atoms with Gasteiger partial charge in [-0.15, -0.1) is 28.9 Å². The van der Waals surface area contributed by atoms with Gasteiger partial charge in [0.05, 0.1) is 25.0 Å². The Balaban J connectivity index is -0.000000125. The van der Waals surface area contributed by atoms with E-state index in [4.69, 9.17) is 38.4 Å². The van der Waals surface area contributed by atoms with Crippen molar-refractivity contribution in [3.63, 3.8) is 0 Å². The topological polar surface area (TPSA) is 132 Å². The fourth-order valence-corrected chi connectivity index (χ4v) is 2.03. The summed E-state index contributed by atoms with van der Waals surface area (Å²) in [5, 5.41) is 11.6. The number of nitrogens with one attached hydrogen (secondary N) is 1. The van der Waals surface area contributed by atoms with Crippen LogP contribution in [0.25, 0.3) is 0 Å². The van der Waals surface area contributed by atoms with Crippen molar-refractivity contribution >= 4 is 124 Å². The van der Waals surface area contributed by atoms with Gasteiger partial charge in [0.25, 0.3) is 0 Å². The van der Waals surface area contributed by atoms with Crippen molar-refractivity contribution in [1.82, 2.24) is 0 Å². The van der Waals surface area contributed by atoms with E-state index in [1.807, 2.05) is 11.5 Å². The molecule has 6 N–H and O–H groups in total. The fourth-order valence-electron chi connectivity index (χ4n) is 1.86. The Morgan fingerprint density at radius 1 is 1.15 bits per heavy atom. The number of benzene rings is 2. The minimum atomic E-state index is -0.278. The first-order chi connectivity index (χ1) is 13.7. The van der Waals surface area contributed by atoms with Crippen LogP contribution in [0.1, 0.15) is 26.0 Å². The standard InChI is InChI=1S/C8H8N2O3S.C8H12N2O.2CH4.CH3.4HI.V/c1-13-8(14)6-4-5(9-11)2-3-7(6)10-12;1-11-5-6-4-7(9)2-3-8(6)10;;;;;;;;/h2-4,9,11H,1H3;2-4H,5,9-10H2,1H3;2*1H4;1H3;4*1H;/q;;;;-1;;;;;+3/p-3. The summed E-state index contributed by atoms with van der Waals surface area (Å²) >= 11 is 12.2. The SMILES string of the molecule is C.C.COC(=S)c1cc(NO)ccc1N=O.COCc1cc(N)ccc1N.I.[CH3-].[I][V]([I])[I]. The van der Waals surface area contributed by atoms with Crippen molar-refractivity contribution in [2.75, 3.05) is 31.2 Å². The Morgan fingerprint density at radius 3 is 2.12 bits per heavy atom. The first-order valence-corrected chi connectivity index (χ1v) is 21.5. The van der Waals surface area contributed by atoms with E-state index < -0.39 is 0 Å². The monoisotopic (exact) mass is 971 g/mol. The molecule has 2 aromatic rings. The second kappa shape index (κ2) is 25.8. The van der Waals surface area contributed by atoms with Gasteiger partial charge in [-0.05, 0) is 53.8 Å². The van der Waals surface area contributed by atoms with Gasteiger partial charge in [-0.1, -0.05) is 14.9 Å². The molecule has 33 heavy (non-hydrogen) atoms. The third-order valence-corrected chi connectivity index (χ3v) is 3.48. The Morgan fingerprint density at radius 2 is 1.70 bits per heavy atom. The molecule has 0 heterocycles.